The van der Waals surface area contributed by atoms with Crippen LogP contribution in [0.1, 0.15) is 32.1 Å². The van der Waals surface area contributed by atoms with Gasteiger partial charge in [0.1, 0.15) is 18.1 Å². The van der Waals surface area contributed by atoms with Crippen LogP contribution in [0.2, 0.25) is 0 Å². The average molecular weight is 504 g/mol. The summed E-state index contributed by atoms with van der Waals surface area (Å²) in [5, 5.41) is 9.39. The largest absolute Gasteiger partial charge is 0.497 e. The van der Waals surface area contributed by atoms with E-state index in [0.717, 1.165) is 24.3 Å². The van der Waals surface area contributed by atoms with Crippen LogP contribution in [0.3, 0.4) is 0 Å². The number of halogens is 1. The number of nitrogens with zero attached hydrogens (tertiary/aromatic N) is 1. The monoisotopic (exact) mass is 504 g/mol. The van der Waals surface area contributed by atoms with Crippen LogP contribution < -0.4 is 25.4 Å². The van der Waals surface area contributed by atoms with E-state index in [2.05, 4.69) is 20.9 Å². The summed E-state index contributed by atoms with van der Waals surface area (Å²) in [6.45, 7) is 2.38. The quantitative estimate of drug-likeness (QED) is 0.209. The highest BCUT2D eigenvalue weighted by Gasteiger charge is 2.20. The molecule has 2 rings (SSSR count). The number of hydrogen-bond donors (Lipinski definition) is 3. The van der Waals surface area contributed by atoms with Gasteiger partial charge in [-0.1, -0.05) is 19.3 Å². The van der Waals surface area contributed by atoms with Crippen molar-refractivity contribution in [2.45, 2.75) is 32.1 Å². The molecule has 1 aromatic carbocycles. The highest BCUT2D eigenvalue weighted by molar-refractivity contribution is 14.0. The molecule has 0 atom stereocenters. The summed E-state index contributed by atoms with van der Waals surface area (Å²) in [7, 11) is 3.36. The molecule has 1 aliphatic rings. The first-order valence-electron chi connectivity index (χ1n) is 9.72. The van der Waals surface area contributed by atoms with Gasteiger partial charge in [-0.3, -0.25) is 9.79 Å². The van der Waals surface area contributed by atoms with Crippen LogP contribution in [-0.4, -0.2) is 52.3 Å². The fraction of sp³-hybridized carbons (Fsp3) is 0.600. The lowest BCUT2D eigenvalue weighted by Crippen LogP contribution is -2.43. The molecule has 0 heterocycles. The van der Waals surface area contributed by atoms with Crippen molar-refractivity contribution in [1.82, 2.24) is 16.0 Å². The zero-order valence-corrected chi connectivity index (χ0v) is 19.2. The lowest BCUT2D eigenvalue weighted by molar-refractivity contribution is -0.125. The fourth-order valence-electron chi connectivity index (χ4n) is 3.11. The van der Waals surface area contributed by atoms with Gasteiger partial charge in [0, 0.05) is 26.1 Å². The molecule has 7 nitrogen and oxygen atoms in total. The van der Waals surface area contributed by atoms with E-state index < -0.39 is 0 Å². The predicted octanol–water partition coefficient (Wildman–Crippen LogP) is 2.55. The molecule has 0 radical (unpaired) electrons. The van der Waals surface area contributed by atoms with Crippen LogP contribution in [0, 0.1) is 5.92 Å². The molecule has 0 aliphatic heterocycles. The number of amides is 1. The molecule has 0 bridgehead atoms. The summed E-state index contributed by atoms with van der Waals surface area (Å²) < 4.78 is 10.8. The van der Waals surface area contributed by atoms with Crippen LogP contribution >= 0.6 is 24.0 Å². The number of carbonyl (C=O) groups is 1. The molecule has 0 spiro atoms. The van der Waals surface area contributed by atoms with Crippen LogP contribution in [0.5, 0.6) is 11.5 Å². The Bertz CT molecular complexity index is 590. The topological polar surface area (TPSA) is 84.0 Å². The number of carbonyl (C=O) groups excluding carboxylic acids is 1. The third-order valence-corrected chi connectivity index (χ3v) is 4.64. The zero-order chi connectivity index (χ0) is 19.3. The van der Waals surface area contributed by atoms with Gasteiger partial charge in [0.2, 0.25) is 5.91 Å². The first kappa shape index (κ1) is 24.3. The molecule has 8 heteroatoms. The zero-order valence-electron chi connectivity index (χ0n) is 16.8. The Morgan fingerprint density at radius 2 is 1.61 bits per heavy atom. The van der Waals surface area contributed by atoms with E-state index in [4.69, 9.17) is 9.47 Å². The second kappa shape index (κ2) is 14.3. The van der Waals surface area contributed by atoms with E-state index in [1.807, 2.05) is 24.3 Å². The van der Waals surface area contributed by atoms with Gasteiger partial charge in [-0.2, -0.15) is 0 Å². The van der Waals surface area contributed by atoms with Crippen LogP contribution in [0.4, 0.5) is 0 Å². The number of ether oxygens (including phenoxy) is 2. The minimum Gasteiger partial charge on any atom is -0.497 e. The Morgan fingerprint density at radius 1 is 1.00 bits per heavy atom. The van der Waals surface area contributed by atoms with E-state index >= 15 is 0 Å². The molecule has 158 valence electrons. The second-order valence-electron chi connectivity index (χ2n) is 6.58. The molecule has 1 fully saturated rings. The molecule has 0 saturated heterocycles. The van der Waals surface area contributed by atoms with E-state index in [9.17, 15) is 4.79 Å². The van der Waals surface area contributed by atoms with Crippen molar-refractivity contribution >= 4 is 35.8 Å². The SMILES string of the molecule is CN=C(NCCNC(=O)C1CCCCC1)NCCOc1ccc(OC)cc1.I. The Morgan fingerprint density at radius 3 is 2.25 bits per heavy atom. The normalized spacial score (nSPS) is 14.6. The standard InChI is InChI=1S/C20H32N4O3.HI/c1-21-20(23-13-12-22-19(25)16-6-4-3-5-7-16)24-14-15-27-18-10-8-17(26-2)9-11-18;/h8-11,16H,3-7,12-15H2,1-2H3,(H,22,25)(H2,21,23,24);1H. The number of aliphatic imine (C=N–C) groups is 1. The number of benzene rings is 1. The van der Waals surface area contributed by atoms with Gasteiger partial charge in [0.25, 0.3) is 0 Å². The highest BCUT2D eigenvalue weighted by Crippen LogP contribution is 2.23. The average Bonchev–Trinajstić information content (AvgIpc) is 2.73. The number of guanidine groups is 1. The lowest BCUT2D eigenvalue weighted by Gasteiger charge is -2.21. The molecule has 1 saturated carbocycles. The summed E-state index contributed by atoms with van der Waals surface area (Å²) >= 11 is 0. The molecular formula is C20H33IN4O3. The molecular weight excluding hydrogens is 471 g/mol. The number of nitrogens with one attached hydrogen (secondary N) is 3. The van der Waals surface area contributed by atoms with E-state index in [0.29, 0.717) is 32.2 Å². The van der Waals surface area contributed by atoms with Crippen LogP contribution in [0.25, 0.3) is 0 Å². The first-order chi connectivity index (χ1) is 13.2. The van der Waals surface area contributed by atoms with Gasteiger partial charge in [0.05, 0.1) is 13.7 Å². The van der Waals surface area contributed by atoms with Crippen LogP contribution in [-0.2, 0) is 4.79 Å². The maximum absolute atomic E-state index is 12.1. The number of methoxy groups -OCH3 is 1. The van der Waals surface area contributed by atoms with Crippen molar-refractivity contribution in [1.29, 1.82) is 0 Å². The maximum atomic E-state index is 12.1. The molecule has 1 amide bonds. The van der Waals surface area contributed by atoms with Crippen molar-refractivity contribution in [2.75, 3.05) is 40.4 Å². The van der Waals surface area contributed by atoms with Crippen molar-refractivity contribution < 1.29 is 14.3 Å². The Hall–Kier alpha value is -1.71. The first-order valence-corrected chi connectivity index (χ1v) is 9.72. The molecule has 3 N–H and O–H groups in total. The molecule has 1 aliphatic carbocycles. The van der Waals surface area contributed by atoms with Crippen molar-refractivity contribution in [3.63, 3.8) is 0 Å². The van der Waals surface area contributed by atoms with E-state index in [1.165, 1.54) is 19.3 Å². The van der Waals surface area contributed by atoms with E-state index in [1.54, 1.807) is 14.2 Å². The summed E-state index contributed by atoms with van der Waals surface area (Å²) in [6, 6.07) is 7.48. The minimum atomic E-state index is 0. The summed E-state index contributed by atoms with van der Waals surface area (Å²) in [5.41, 5.74) is 0. The van der Waals surface area contributed by atoms with Gasteiger partial charge >= 0.3 is 0 Å². The summed E-state index contributed by atoms with van der Waals surface area (Å²) in [4.78, 5) is 16.3. The summed E-state index contributed by atoms with van der Waals surface area (Å²) in [6.07, 6.45) is 5.65. The fourth-order valence-corrected chi connectivity index (χ4v) is 3.11. The smallest absolute Gasteiger partial charge is 0.223 e. The third-order valence-electron chi connectivity index (χ3n) is 4.64. The second-order valence-corrected chi connectivity index (χ2v) is 6.58. The van der Waals surface area contributed by atoms with Crippen LogP contribution in [0.15, 0.2) is 29.3 Å². The Kier molecular flexibility index (Phi) is 12.4. The van der Waals surface area contributed by atoms with Gasteiger partial charge in [0.15, 0.2) is 5.96 Å². The highest BCUT2D eigenvalue weighted by atomic mass is 127. The van der Waals surface area contributed by atoms with E-state index in [-0.39, 0.29) is 35.8 Å². The third kappa shape index (κ3) is 8.99. The maximum Gasteiger partial charge on any atom is 0.223 e. The molecule has 1 aromatic rings. The lowest BCUT2D eigenvalue weighted by atomic mass is 9.89. The van der Waals surface area contributed by atoms with Gasteiger partial charge in [-0.05, 0) is 37.1 Å². The number of rotatable bonds is 9. The molecule has 28 heavy (non-hydrogen) atoms. The number of hydrogen-bond acceptors (Lipinski definition) is 4. The minimum absolute atomic E-state index is 0. The van der Waals surface area contributed by atoms with Gasteiger partial charge < -0.3 is 25.4 Å². The van der Waals surface area contributed by atoms with Gasteiger partial charge in [-0.15, -0.1) is 24.0 Å². The van der Waals surface area contributed by atoms with Gasteiger partial charge in [-0.25, -0.2) is 0 Å². The molecule has 0 unspecified atom stereocenters. The summed E-state index contributed by atoms with van der Waals surface area (Å²) in [5.74, 6) is 2.69. The van der Waals surface area contributed by atoms with Crippen molar-refractivity contribution in [2.24, 2.45) is 10.9 Å². The van der Waals surface area contributed by atoms with Crippen molar-refractivity contribution in [3.8, 4) is 11.5 Å². The predicted molar refractivity (Wildman–Crippen MR) is 123 cm³/mol. The molecule has 0 aromatic heterocycles. The Balaban J connectivity index is 0.00000392. The van der Waals surface area contributed by atoms with Crippen molar-refractivity contribution in [3.05, 3.63) is 24.3 Å². The Labute approximate surface area is 185 Å².